The Bertz CT molecular complexity index is 42.2. The maximum absolute atomic E-state index is 4.82. The van der Waals surface area contributed by atoms with Crippen LogP contribution < -0.4 is 0 Å². The number of hydrogen-bond acceptors (Lipinski definition) is 4. The zero-order valence-electron chi connectivity index (χ0n) is 5.75. The molecule has 56 valence electrons. The van der Waals surface area contributed by atoms with Crippen molar-refractivity contribution in [2.75, 3.05) is 27.3 Å². The Kier molecular flexibility index (Phi) is 7.70. The van der Waals surface area contributed by atoms with Gasteiger partial charge in [-0.05, 0) is 6.92 Å². The van der Waals surface area contributed by atoms with Gasteiger partial charge in [-0.25, -0.2) is 9.78 Å². The van der Waals surface area contributed by atoms with Crippen molar-refractivity contribution in [2.24, 2.45) is 0 Å². The first-order valence-electron chi connectivity index (χ1n) is 2.73. The molecule has 0 saturated heterocycles. The van der Waals surface area contributed by atoms with Gasteiger partial charge in [-0.1, -0.05) is 0 Å². The summed E-state index contributed by atoms with van der Waals surface area (Å²) in [4.78, 5) is 8.62. The van der Waals surface area contributed by atoms with Crippen LogP contribution in [0.1, 0.15) is 6.92 Å². The quantitative estimate of drug-likeness (QED) is 0.231. The van der Waals surface area contributed by atoms with E-state index in [1.54, 1.807) is 0 Å². The Labute approximate surface area is 54.6 Å². The Morgan fingerprint density at radius 2 is 1.89 bits per heavy atom. The molecule has 0 saturated carbocycles. The van der Waals surface area contributed by atoms with E-state index < -0.39 is 0 Å². The topological polar surface area (TPSA) is 36.9 Å². The second-order valence-corrected chi connectivity index (χ2v) is 1.22. The molecule has 0 aromatic heterocycles. The van der Waals surface area contributed by atoms with Gasteiger partial charge in [0.15, 0.2) is 6.79 Å². The normalized spacial score (nSPS) is 10.0. The predicted molar refractivity (Wildman–Crippen MR) is 30.5 cm³/mol. The van der Waals surface area contributed by atoms with Crippen molar-refractivity contribution in [3.63, 3.8) is 0 Å². The molecule has 4 heteroatoms. The molecule has 0 amide bonds. The lowest BCUT2D eigenvalue weighted by Gasteiger charge is -2.01. The molecular weight excluding hydrogens is 124 g/mol. The summed E-state index contributed by atoms with van der Waals surface area (Å²) < 4.78 is 9.57. The smallest absolute Gasteiger partial charge is 0.183 e. The van der Waals surface area contributed by atoms with Gasteiger partial charge in [0.2, 0.25) is 0 Å². The minimum absolute atomic E-state index is 0.108. The van der Waals surface area contributed by atoms with Crippen LogP contribution in [0.25, 0.3) is 0 Å². The van der Waals surface area contributed by atoms with Crippen LogP contribution in [0.4, 0.5) is 0 Å². The minimum atomic E-state index is 0.108. The second-order valence-electron chi connectivity index (χ2n) is 1.22. The Hall–Kier alpha value is -0.160. The molecular formula is C5H12O4. The molecule has 4 nitrogen and oxygen atoms in total. The molecule has 0 fully saturated rings. The van der Waals surface area contributed by atoms with Gasteiger partial charge in [0, 0.05) is 6.61 Å². The molecule has 0 aromatic carbocycles. The molecule has 0 bridgehead atoms. The average molecular weight is 136 g/mol. The van der Waals surface area contributed by atoms with Gasteiger partial charge in [-0.15, -0.1) is 0 Å². The maximum Gasteiger partial charge on any atom is 0.183 e. The Morgan fingerprint density at radius 1 is 1.11 bits per heavy atom. The van der Waals surface area contributed by atoms with Crippen molar-refractivity contribution in [3.8, 4) is 0 Å². The summed E-state index contributed by atoms with van der Waals surface area (Å²) in [6, 6.07) is 0. The van der Waals surface area contributed by atoms with Gasteiger partial charge >= 0.3 is 0 Å². The van der Waals surface area contributed by atoms with E-state index in [2.05, 4.69) is 9.78 Å². The Balaban J connectivity index is 2.60. The molecule has 0 heterocycles. The molecule has 0 atom stereocenters. The van der Waals surface area contributed by atoms with Crippen molar-refractivity contribution < 1.29 is 19.2 Å². The van der Waals surface area contributed by atoms with E-state index in [0.717, 1.165) is 0 Å². The molecule has 0 aliphatic carbocycles. The average Bonchev–Trinajstić information content (AvgIpc) is 1.89. The van der Waals surface area contributed by atoms with Crippen LogP contribution in [-0.4, -0.2) is 27.3 Å². The van der Waals surface area contributed by atoms with Crippen molar-refractivity contribution in [3.05, 3.63) is 0 Å². The van der Waals surface area contributed by atoms with Crippen LogP contribution in [0.2, 0.25) is 0 Å². The predicted octanol–water partition coefficient (Wildman–Crippen LogP) is 0.532. The minimum Gasteiger partial charge on any atom is -0.356 e. The lowest BCUT2D eigenvalue weighted by Crippen LogP contribution is -2.03. The fourth-order valence-electron chi connectivity index (χ4n) is 0.258. The third-order valence-electron chi connectivity index (χ3n) is 0.620. The standard InChI is InChI=1S/C5H12O4/c1-3-7-4-8-5-9-6-2/h3-5H2,1-2H3. The highest BCUT2D eigenvalue weighted by Crippen LogP contribution is 1.78. The molecule has 0 radical (unpaired) electrons. The largest absolute Gasteiger partial charge is 0.356 e. The van der Waals surface area contributed by atoms with Crippen molar-refractivity contribution in [1.29, 1.82) is 0 Å². The summed E-state index contributed by atoms with van der Waals surface area (Å²) in [6.07, 6.45) is 0. The second kappa shape index (κ2) is 7.84. The van der Waals surface area contributed by atoms with E-state index in [1.807, 2.05) is 6.92 Å². The van der Waals surface area contributed by atoms with Gasteiger partial charge in [0.25, 0.3) is 0 Å². The molecule has 9 heavy (non-hydrogen) atoms. The first kappa shape index (κ1) is 8.84. The van der Waals surface area contributed by atoms with E-state index in [9.17, 15) is 0 Å². The Morgan fingerprint density at radius 3 is 2.44 bits per heavy atom. The van der Waals surface area contributed by atoms with Gasteiger partial charge < -0.3 is 9.47 Å². The van der Waals surface area contributed by atoms with Crippen LogP contribution in [0, 0.1) is 0 Å². The zero-order chi connectivity index (χ0) is 6.95. The van der Waals surface area contributed by atoms with Crippen LogP contribution in [-0.2, 0) is 19.2 Å². The summed E-state index contributed by atoms with van der Waals surface area (Å²) >= 11 is 0. The monoisotopic (exact) mass is 136 g/mol. The van der Waals surface area contributed by atoms with Gasteiger partial charge in [0.05, 0.1) is 7.11 Å². The van der Waals surface area contributed by atoms with Gasteiger partial charge in [-0.2, -0.15) is 0 Å². The molecule has 0 unspecified atom stereocenters. The van der Waals surface area contributed by atoms with Crippen LogP contribution in [0.3, 0.4) is 0 Å². The highest BCUT2D eigenvalue weighted by molar-refractivity contribution is 4.04. The first-order valence-corrected chi connectivity index (χ1v) is 2.73. The SMILES string of the molecule is CCOCOCOOC. The molecule has 0 aromatic rings. The molecule has 0 spiro atoms. The van der Waals surface area contributed by atoms with E-state index in [4.69, 9.17) is 9.47 Å². The highest BCUT2D eigenvalue weighted by Gasteiger charge is 1.83. The van der Waals surface area contributed by atoms with E-state index in [-0.39, 0.29) is 13.6 Å². The van der Waals surface area contributed by atoms with Crippen molar-refractivity contribution in [2.45, 2.75) is 6.92 Å². The fraction of sp³-hybridized carbons (Fsp3) is 1.00. The number of rotatable bonds is 6. The van der Waals surface area contributed by atoms with Crippen LogP contribution >= 0.6 is 0 Å². The highest BCUT2D eigenvalue weighted by atomic mass is 17.2. The van der Waals surface area contributed by atoms with Crippen molar-refractivity contribution in [1.82, 2.24) is 0 Å². The van der Waals surface area contributed by atoms with E-state index in [1.165, 1.54) is 7.11 Å². The third-order valence-corrected chi connectivity index (χ3v) is 0.620. The number of hydrogen-bond donors (Lipinski definition) is 0. The third kappa shape index (κ3) is 7.84. The van der Waals surface area contributed by atoms with Gasteiger partial charge in [-0.3, -0.25) is 0 Å². The lowest BCUT2D eigenvalue weighted by atomic mass is 10.9. The van der Waals surface area contributed by atoms with E-state index in [0.29, 0.717) is 6.61 Å². The van der Waals surface area contributed by atoms with E-state index >= 15 is 0 Å². The summed E-state index contributed by atoms with van der Waals surface area (Å²) in [5.74, 6) is 0. The van der Waals surface area contributed by atoms with Crippen molar-refractivity contribution >= 4 is 0 Å². The summed E-state index contributed by atoms with van der Waals surface area (Å²) in [5.41, 5.74) is 0. The van der Waals surface area contributed by atoms with Crippen LogP contribution in [0.5, 0.6) is 0 Å². The summed E-state index contributed by atoms with van der Waals surface area (Å²) in [5, 5.41) is 0. The lowest BCUT2D eigenvalue weighted by molar-refractivity contribution is -0.328. The fourth-order valence-corrected chi connectivity index (χ4v) is 0.258. The summed E-state index contributed by atoms with van der Waals surface area (Å²) in [6.45, 7) is 2.89. The molecule has 0 N–H and O–H groups in total. The van der Waals surface area contributed by atoms with Gasteiger partial charge in [0.1, 0.15) is 6.79 Å². The molecule has 0 aliphatic rings. The molecule has 0 rings (SSSR count). The zero-order valence-corrected chi connectivity index (χ0v) is 5.75. The number of ether oxygens (including phenoxy) is 2. The summed E-state index contributed by atoms with van der Waals surface area (Å²) in [7, 11) is 1.42. The van der Waals surface area contributed by atoms with Crippen LogP contribution in [0.15, 0.2) is 0 Å². The first-order chi connectivity index (χ1) is 4.41. The maximum atomic E-state index is 4.82. The molecule has 0 aliphatic heterocycles.